The summed E-state index contributed by atoms with van der Waals surface area (Å²) >= 11 is 0. The summed E-state index contributed by atoms with van der Waals surface area (Å²) in [4.78, 5) is 23.6. The number of fused-ring (bicyclic) bond motifs is 2. The average molecular weight is 338 g/mol. The van der Waals surface area contributed by atoms with E-state index in [2.05, 4.69) is 13.5 Å². The highest BCUT2D eigenvalue weighted by atomic mass is 16.5. The fourth-order valence-corrected chi connectivity index (χ4v) is 3.48. The maximum atomic E-state index is 11.9. The van der Waals surface area contributed by atoms with Crippen molar-refractivity contribution in [3.63, 3.8) is 0 Å². The fourth-order valence-electron chi connectivity index (χ4n) is 3.48. The SMILES string of the molecule is C=CC(=O)Oc1c2c(c(OC(C)=O)c3cc(C)ccc13)CCC(C)C2. The summed E-state index contributed by atoms with van der Waals surface area (Å²) in [5.41, 5.74) is 2.98. The summed E-state index contributed by atoms with van der Waals surface area (Å²) in [6.07, 6.45) is 3.75. The first-order valence-corrected chi connectivity index (χ1v) is 8.51. The predicted octanol–water partition coefficient (Wildman–Crippen LogP) is 4.29. The molecule has 0 saturated carbocycles. The Morgan fingerprint density at radius 1 is 1.16 bits per heavy atom. The lowest BCUT2D eigenvalue weighted by molar-refractivity contribution is -0.132. The van der Waals surface area contributed by atoms with Crippen molar-refractivity contribution in [2.24, 2.45) is 5.92 Å². The van der Waals surface area contributed by atoms with Crippen LogP contribution in [0.3, 0.4) is 0 Å². The highest BCUT2D eigenvalue weighted by Crippen LogP contribution is 2.45. The number of esters is 2. The van der Waals surface area contributed by atoms with Crippen molar-refractivity contribution in [1.29, 1.82) is 0 Å². The molecule has 2 aromatic carbocycles. The molecule has 130 valence electrons. The molecule has 0 aliphatic heterocycles. The van der Waals surface area contributed by atoms with Crippen LogP contribution < -0.4 is 9.47 Å². The van der Waals surface area contributed by atoms with Gasteiger partial charge >= 0.3 is 11.9 Å². The van der Waals surface area contributed by atoms with Crippen molar-refractivity contribution >= 4 is 22.7 Å². The van der Waals surface area contributed by atoms with Gasteiger partial charge in [-0.1, -0.05) is 31.2 Å². The molecule has 0 heterocycles. The van der Waals surface area contributed by atoms with Gasteiger partial charge in [-0.05, 0) is 38.2 Å². The minimum absolute atomic E-state index is 0.348. The molecule has 25 heavy (non-hydrogen) atoms. The van der Waals surface area contributed by atoms with Gasteiger partial charge in [-0.3, -0.25) is 4.79 Å². The average Bonchev–Trinajstić information content (AvgIpc) is 2.57. The molecular formula is C21H22O4. The van der Waals surface area contributed by atoms with Gasteiger partial charge in [0, 0.05) is 34.9 Å². The number of hydrogen-bond donors (Lipinski definition) is 0. The van der Waals surface area contributed by atoms with Gasteiger partial charge in [0.25, 0.3) is 0 Å². The number of aryl methyl sites for hydroxylation is 1. The van der Waals surface area contributed by atoms with E-state index in [9.17, 15) is 9.59 Å². The van der Waals surface area contributed by atoms with Crippen molar-refractivity contribution in [3.05, 3.63) is 47.5 Å². The van der Waals surface area contributed by atoms with E-state index in [4.69, 9.17) is 9.47 Å². The Hall–Kier alpha value is -2.62. The quantitative estimate of drug-likeness (QED) is 0.476. The van der Waals surface area contributed by atoms with Crippen LogP contribution in [0.4, 0.5) is 0 Å². The van der Waals surface area contributed by atoms with Crippen LogP contribution in [0.15, 0.2) is 30.9 Å². The van der Waals surface area contributed by atoms with Crippen LogP contribution in [0.25, 0.3) is 10.8 Å². The fraction of sp³-hybridized carbons (Fsp3) is 0.333. The molecule has 1 atom stereocenters. The Morgan fingerprint density at radius 2 is 1.88 bits per heavy atom. The van der Waals surface area contributed by atoms with E-state index in [-0.39, 0.29) is 5.97 Å². The molecule has 0 N–H and O–H groups in total. The van der Waals surface area contributed by atoms with Crippen molar-refractivity contribution in [1.82, 2.24) is 0 Å². The summed E-state index contributed by atoms with van der Waals surface area (Å²) in [5, 5.41) is 1.58. The van der Waals surface area contributed by atoms with Gasteiger partial charge in [0.1, 0.15) is 11.5 Å². The van der Waals surface area contributed by atoms with E-state index < -0.39 is 5.97 Å². The van der Waals surface area contributed by atoms with Crippen molar-refractivity contribution in [2.75, 3.05) is 0 Å². The largest absolute Gasteiger partial charge is 0.426 e. The number of benzene rings is 2. The van der Waals surface area contributed by atoms with Crippen LogP contribution in [0.5, 0.6) is 11.5 Å². The summed E-state index contributed by atoms with van der Waals surface area (Å²) in [6.45, 7) is 9.05. The third-order valence-corrected chi connectivity index (χ3v) is 4.63. The summed E-state index contributed by atoms with van der Waals surface area (Å²) < 4.78 is 11.2. The number of carbonyl (C=O) groups is 2. The monoisotopic (exact) mass is 338 g/mol. The lowest BCUT2D eigenvalue weighted by Gasteiger charge is -2.27. The zero-order valence-corrected chi connectivity index (χ0v) is 14.8. The molecular weight excluding hydrogens is 316 g/mol. The van der Waals surface area contributed by atoms with Crippen molar-refractivity contribution in [3.8, 4) is 11.5 Å². The number of hydrogen-bond acceptors (Lipinski definition) is 4. The number of carbonyl (C=O) groups excluding carboxylic acids is 2. The Labute approximate surface area is 147 Å². The molecule has 0 fully saturated rings. The molecule has 0 aromatic heterocycles. The van der Waals surface area contributed by atoms with Crippen LogP contribution in [0.1, 0.15) is 37.0 Å². The molecule has 0 amide bonds. The zero-order chi connectivity index (χ0) is 18.1. The Bertz CT molecular complexity index is 879. The van der Waals surface area contributed by atoms with Crippen LogP contribution >= 0.6 is 0 Å². The summed E-state index contributed by atoms with van der Waals surface area (Å²) in [5.74, 6) is 0.813. The first-order valence-electron chi connectivity index (χ1n) is 8.51. The third-order valence-electron chi connectivity index (χ3n) is 4.63. The van der Waals surface area contributed by atoms with Gasteiger partial charge in [0.05, 0.1) is 0 Å². The first kappa shape index (κ1) is 17.2. The lowest BCUT2D eigenvalue weighted by Crippen LogP contribution is -2.17. The van der Waals surface area contributed by atoms with E-state index in [1.54, 1.807) is 0 Å². The second-order valence-corrected chi connectivity index (χ2v) is 6.73. The minimum Gasteiger partial charge on any atom is -0.426 e. The van der Waals surface area contributed by atoms with Crippen molar-refractivity contribution in [2.45, 2.75) is 40.0 Å². The van der Waals surface area contributed by atoms with Gasteiger partial charge < -0.3 is 9.47 Å². The third kappa shape index (κ3) is 3.29. The minimum atomic E-state index is -0.484. The van der Waals surface area contributed by atoms with E-state index in [0.717, 1.165) is 46.7 Å². The summed E-state index contributed by atoms with van der Waals surface area (Å²) in [7, 11) is 0. The highest BCUT2D eigenvalue weighted by Gasteiger charge is 2.28. The van der Waals surface area contributed by atoms with Gasteiger partial charge in [0.2, 0.25) is 0 Å². The van der Waals surface area contributed by atoms with E-state index >= 15 is 0 Å². The number of rotatable bonds is 3. The van der Waals surface area contributed by atoms with E-state index in [1.807, 2.05) is 25.1 Å². The normalized spacial score (nSPS) is 16.2. The molecule has 1 unspecified atom stereocenters. The first-order chi connectivity index (χ1) is 11.9. The maximum Gasteiger partial charge on any atom is 0.335 e. The Balaban J connectivity index is 2.36. The van der Waals surface area contributed by atoms with Gasteiger partial charge in [-0.2, -0.15) is 0 Å². The van der Waals surface area contributed by atoms with Crippen LogP contribution in [-0.4, -0.2) is 11.9 Å². The second-order valence-electron chi connectivity index (χ2n) is 6.73. The van der Waals surface area contributed by atoms with Crippen LogP contribution in [0, 0.1) is 12.8 Å². The predicted molar refractivity (Wildman–Crippen MR) is 97.0 cm³/mol. The van der Waals surface area contributed by atoms with Gasteiger partial charge in [-0.25, -0.2) is 4.79 Å². The van der Waals surface area contributed by atoms with Crippen molar-refractivity contribution < 1.29 is 19.1 Å². The molecule has 0 radical (unpaired) electrons. The highest BCUT2D eigenvalue weighted by molar-refractivity contribution is 6.00. The zero-order valence-electron chi connectivity index (χ0n) is 14.8. The topological polar surface area (TPSA) is 52.6 Å². The van der Waals surface area contributed by atoms with E-state index in [0.29, 0.717) is 17.4 Å². The molecule has 0 saturated heterocycles. The molecule has 4 heteroatoms. The smallest absolute Gasteiger partial charge is 0.335 e. The summed E-state index contributed by atoms with van der Waals surface area (Å²) in [6, 6.07) is 5.85. The molecule has 0 bridgehead atoms. The second kappa shape index (κ2) is 6.71. The maximum absolute atomic E-state index is 11.9. The van der Waals surface area contributed by atoms with Crippen LogP contribution in [0.2, 0.25) is 0 Å². The Kier molecular flexibility index (Phi) is 4.62. The molecule has 1 aliphatic rings. The molecule has 0 spiro atoms. The van der Waals surface area contributed by atoms with Crippen LogP contribution in [-0.2, 0) is 22.4 Å². The lowest BCUT2D eigenvalue weighted by atomic mass is 9.82. The molecule has 2 aromatic rings. The standard InChI is InChI=1S/C21H22O4/c1-5-19(23)25-21-16-9-7-12(2)10-17(16)20(24-14(4)22)15-8-6-13(3)11-18(15)21/h5,7,9-10,13H,1,6,8,11H2,2-4H3. The Morgan fingerprint density at radius 3 is 2.56 bits per heavy atom. The molecule has 1 aliphatic carbocycles. The molecule has 4 nitrogen and oxygen atoms in total. The van der Waals surface area contributed by atoms with E-state index in [1.165, 1.54) is 13.0 Å². The van der Waals surface area contributed by atoms with Gasteiger partial charge in [0.15, 0.2) is 0 Å². The van der Waals surface area contributed by atoms with Gasteiger partial charge in [-0.15, -0.1) is 0 Å². The molecule has 3 rings (SSSR count). The number of ether oxygens (including phenoxy) is 2.